The van der Waals surface area contributed by atoms with Crippen molar-refractivity contribution in [2.24, 2.45) is 5.73 Å². The summed E-state index contributed by atoms with van der Waals surface area (Å²) in [6.45, 7) is 5.85. The van der Waals surface area contributed by atoms with Gasteiger partial charge < -0.3 is 10.5 Å². The minimum Gasteiger partial charge on any atom is -0.492 e. The van der Waals surface area contributed by atoms with Crippen LogP contribution in [0.1, 0.15) is 27.2 Å². The average molecular weight is 317 g/mol. The van der Waals surface area contributed by atoms with Crippen molar-refractivity contribution in [3.63, 3.8) is 0 Å². The Labute approximate surface area is 125 Å². The molecule has 1 rings (SSSR count). The van der Waals surface area contributed by atoms with E-state index in [2.05, 4.69) is 5.10 Å². The van der Waals surface area contributed by atoms with Crippen molar-refractivity contribution in [3.05, 3.63) is 22.6 Å². The molecule has 1 heterocycles. The summed E-state index contributed by atoms with van der Waals surface area (Å²) in [5, 5.41) is 3.93. The maximum atomic E-state index is 12.0. The molecule has 1 aromatic heterocycles. The van der Waals surface area contributed by atoms with E-state index in [4.69, 9.17) is 10.5 Å². The lowest BCUT2D eigenvalue weighted by atomic mass is 10.3. The smallest absolute Gasteiger partial charge is 0.270 e. The first-order valence-electron chi connectivity index (χ1n) is 6.80. The van der Waals surface area contributed by atoms with E-state index < -0.39 is 14.6 Å². The highest BCUT2D eigenvalue weighted by Crippen LogP contribution is 2.15. The maximum Gasteiger partial charge on any atom is 0.270 e. The molecular weight excluding hydrogens is 294 g/mol. The minimum absolute atomic E-state index is 0.0293. The second kappa shape index (κ2) is 7.04. The number of aromatic nitrogens is 2. The zero-order valence-electron chi connectivity index (χ0n) is 12.7. The molecule has 0 bridgehead atoms. The Morgan fingerprint density at radius 3 is 2.57 bits per heavy atom. The number of sulfone groups is 1. The lowest BCUT2D eigenvalue weighted by Gasteiger charge is -2.19. The van der Waals surface area contributed by atoms with E-state index in [9.17, 15) is 13.2 Å². The van der Waals surface area contributed by atoms with Crippen LogP contribution in [0.25, 0.3) is 0 Å². The van der Waals surface area contributed by atoms with Crippen LogP contribution in [0.2, 0.25) is 0 Å². The molecule has 1 aromatic rings. The molecule has 8 heteroatoms. The lowest BCUT2D eigenvalue weighted by molar-refractivity contribution is 0.309. The molecule has 120 valence electrons. The Balaban J connectivity index is 2.72. The summed E-state index contributed by atoms with van der Waals surface area (Å²) in [6.07, 6.45) is 2.09. The highest BCUT2D eigenvalue weighted by molar-refractivity contribution is 7.92. The van der Waals surface area contributed by atoms with Gasteiger partial charge in [0.25, 0.3) is 5.56 Å². The SMILES string of the molecule is CC(C)(C)S(=O)(=O)CCn1ncc(OCCCN)cc1=O. The van der Waals surface area contributed by atoms with Crippen molar-refractivity contribution in [3.8, 4) is 5.75 Å². The van der Waals surface area contributed by atoms with Crippen LogP contribution in [0.4, 0.5) is 0 Å². The van der Waals surface area contributed by atoms with Crippen LogP contribution in [-0.2, 0) is 16.4 Å². The average Bonchev–Trinajstić information content (AvgIpc) is 2.36. The van der Waals surface area contributed by atoms with Gasteiger partial charge in [-0.15, -0.1) is 0 Å². The first kappa shape index (κ1) is 17.6. The Bertz CT molecular complexity index is 617. The van der Waals surface area contributed by atoms with E-state index in [-0.39, 0.29) is 17.9 Å². The van der Waals surface area contributed by atoms with Crippen LogP contribution in [-0.4, -0.2) is 41.8 Å². The topological polar surface area (TPSA) is 104 Å². The molecule has 0 aliphatic carbocycles. The zero-order valence-corrected chi connectivity index (χ0v) is 13.5. The Morgan fingerprint density at radius 2 is 2.05 bits per heavy atom. The van der Waals surface area contributed by atoms with E-state index in [1.165, 1.54) is 12.3 Å². The monoisotopic (exact) mass is 317 g/mol. The number of hydrogen-bond acceptors (Lipinski definition) is 6. The third-order valence-corrected chi connectivity index (χ3v) is 5.55. The molecule has 0 aliphatic rings. The fraction of sp³-hybridized carbons (Fsp3) is 0.692. The van der Waals surface area contributed by atoms with Gasteiger partial charge in [0.1, 0.15) is 5.75 Å². The van der Waals surface area contributed by atoms with Gasteiger partial charge in [-0.3, -0.25) is 4.79 Å². The second-order valence-electron chi connectivity index (χ2n) is 5.67. The molecular formula is C13H23N3O4S. The molecule has 0 fully saturated rings. The summed E-state index contributed by atoms with van der Waals surface area (Å²) >= 11 is 0. The van der Waals surface area contributed by atoms with Crippen LogP contribution >= 0.6 is 0 Å². The minimum atomic E-state index is -3.29. The van der Waals surface area contributed by atoms with Crippen LogP contribution in [0.15, 0.2) is 17.1 Å². The van der Waals surface area contributed by atoms with Crippen LogP contribution in [0, 0.1) is 0 Å². The zero-order chi connectivity index (χ0) is 16.1. The summed E-state index contributed by atoms with van der Waals surface area (Å²) in [7, 11) is -3.29. The van der Waals surface area contributed by atoms with Gasteiger partial charge in [0.05, 0.1) is 29.8 Å². The van der Waals surface area contributed by atoms with Gasteiger partial charge in [-0.05, 0) is 33.7 Å². The predicted molar refractivity (Wildman–Crippen MR) is 81.2 cm³/mol. The number of rotatable bonds is 7. The molecule has 0 unspecified atom stereocenters. The van der Waals surface area contributed by atoms with Gasteiger partial charge in [0.15, 0.2) is 9.84 Å². The highest BCUT2D eigenvalue weighted by atomic mass is 32.2. The normalized spacial score (nSPS) is 12.4. The molecule has 0 aromatic carbocycles. The largest absolute Gasteiger partial charge is 0.492 e. The van der Waals surface area contributed by atoms with Crippen LogP contribution in [0.3, 0.4) is 0 Å². The summed E-state index contributed by atoms with van der Waals surface area (Å²) in [4.78, 5) is 11.8. The molecule has 7 nitrogen and oxygen atoms in total. The molecule has 0 aliphatic heterocycles. The van der Waals surface area contributed by atoms with E-state index in [1.54, 1.807) is 20.8 Å². The highest BCUT2D eigenvalue weighted by Gasteiger charge is 2.28. The maximum absolute atomic E-state index is 12.0. The van der Waals surface area contributed by atoms with Crippen molar-refractivity contribution in [2.75, 3.05) is 18.9 Å². The van der Waals surface area contributed by atoms with Crippen molar-refractivity contribution < 1.29 is 13.2 Å². The number of nitrogens with two attached hydrogens (primary N) is 1. The first-order chi connectivity index (χ1) is 9.67. The van der Waals surface area contributed by atoms with Crippen molar-refractivity contribution in [1.29, 1.82) is 0 Å². The Hall–Kier alpha value is -1.41. The van der Waals surface area contributed by atoms with Crippen molar-refractivity contribution >= 4 is 9.84 Å². The molecule has 0 saturated heterocycles. The van der Waals surface area contributed by atoms with Gasteiger partial charge in [0, 0.05) is 6.07 Å². The third-order valence-electron chi connectivity index (χ3n) is 2.97. The van der Waals surface area contributed by atoms with Gasteiger partial charge >= 0.3 is 0 Å². The molecule has 0 atom stereocenters. The first-order valence-corrected chi connectivity index (χ1v) is 8.45. The fourth-order valence-electron chi connectivity index (χ4n) is 1.45. The summed E-state index contributed by atoms with van der Waals surface area (Å²) in [5.74, 6) is 0.236. The molecule has 2 N–H and O–H groups in total. The van der Waals surface area contributed by atoms with E-state index in [1.807, 2.05) is 0 Å². The van der Waals surface area contributed by atoms with Crippen molar-refractivity contribution in [1.82, 2.24) is 9.78 Å². The Morgan fingerprint density at radius 1 is 1.38 bits per heavy atom. The molecule has 0 amide bonds. The Kier molecular flexibility index (Phi) is 5.91. The number of aryl methyl sites for hydroxylation is 1. The number of hydrogen-bond donors (Lipinski definition) is 1. The van der Waals surface area contributed by atoms with Gasteiger partial charge in [-0.1, -0.05) is 0 Å². The standard InChI is InChI=1S/C13H23N3O4S/c1-13(2,3)21(18,19)8-6-16-12(17)9-11(10-15-16)20-7-4-5-14/h9-10H,4-8,14H2,1-3H3. The molecule has 0 spiro atoms. The summed E-state index contributed by atoms with van der Waals surface area (Å²) < 4.78 is 29.6. The van der Waals surface area contributed by atoms with Gasteiger partial charge in [0.2, 0.25) is 0 Å². The third kappa shape index (κ3) is 5.13. The summed E-state index contributed by atoms with van der Waals surface area (Å²) in [5.41, 5.74) is 4.96. The van der Waals surface area contributed by atoms with E-state index >= 15 is 0 Å². The van der Waals surface area contributed by atoms with Gasteiger partial charge in [-0.2, -0.15) is 5.10 Å². The summed E-state index contributed by atoms with van der Waals surface area (Å²) in [6, 6.07) is 1.30. The lowest BCUT2D eigenvalue weighted by Crippen LogP contribution is -2.34. The van der Waals surface area contributed by atoms with Gasteiger partial charge in [-0.25, -0.2) is 13.1 Å². The van der Waals surface area contributed by atoms with E-state index in [0.717, 1.165) is 4.68 Å². The predicted octanol–water partition coefficient (Wildman–Crippen LogP) is 0.184. The second-order valence-corrected chi connectivity index (χ2v) is 8.54. The van der Waals surface area contributed by atoms with Crippen molar-refractivity contribution in [2.45, 2.75) is 38.5 Å². The number of ether oxygens (including phenoxy) is 1. The molecule has 0 saturated carbocycles. The molecule has 21 heavy (non-hydrogen) atoms. The number of nitrogens with zero attached hydrogens (tertiary/aromatic N) is 2. The fourth-order valence-corrected chi connectivity index (χ4v) is 2.48. The molecule has 0 radical (unpaired) electrons. The van der Waals surface area contributed by atoms with Crippen LogP contribution in [0.5, 0.6) is 5.75 Å². The van der Waals surface area contributed by atoms with E-state index in [0.29, 0.717) is 25.3 Å². The quantitative estimate of drug-likeness (QED) is 0.720. The van der Waals surface area contributed by atoms with Crippen LogP contribution < -0.4 is 16.0 Å².